The van der Waals surface area contributed by atoms with Gasteiger partial charge in [-0.25, -0.2) is 0 Å². The van der Waals surface area contributed by atoms with E-state index in [0.29, 0.717) is 0 Å². The van der Waals surface area contributed by atoms with Crippen molar-refractivity contribution in [2.24, 2.45) is 0 Å². The number of piperazine rings is 1. The molecule has 1 aliphatic heterocycles. The van der Waals surface area contributed by atoms with Crippen molar-refractivity contribution in [2.75, 3.05) is 26.2 Å². The maximum atomic E-state index is 11.2. The maximum absolute atomic E-state index is 11.2. The Morgan fingerprint density at radius 1 is 1.44 bits per heavy atom. The summed E-state index contributed by atoms with van der Waals surface area (Å²) in [5.41, 5.74) is 0. The molecule has 0 aliphatic carbocycles. The highest BCUT2D eigenvalue weighted by atomic mass is 79.9. The van der Waals surface area contributed by atoms with E-state index in [1.54, 1.807) is 18.3 Å². The summed E-state index contributed by atoms with van der Waals surface area (Å²) in [5, 5.41) is 2.10. The molecule has 0 aromatic carbocycles. The lowest BCUT2D eigenvalue weighted by molar-refractivity contribution is -0.130. The lowest BCUT2D eigenvalue weighted by atomic mass is 10.3. The van der Waals surface area contributed by atoms with Crippen molar-refractivity contribution >= 4 is 33.2 Å². The van der Waals surface area contributed by atoms with Gasteiger partial charge in [-0.1, -0.05) is 0 Å². The molecule has 1 aromatic heterocycles. The Kier molecular flexibility index (Phi) is 4.00. The van der Waals surface area contributed by atoms with Gasteiger partial charge in [0.15, 0.2) is 0 Å². The summed E-state index contributed by atoms with van der Waals surface area (Å²) in [6, 6.07) is 2.09. The van der Waals surface area contributed by atoms with Crippen LogP contribution in [0.15, 0.2) is 15.9 Å². The molecule has 2 heterocycles. The number of hydrogen-bond acceptors (Lipinski definition) is 3. The molecule has 88 valence electrons. The number of carbonyl (C=O) groups excluding carboxylic acids is 1. The van der Waals surface area contributed by atoms with Crippen LogP contribution in [0.5, 0.6) is 0 Å². The smallest absolute Gasteiger partial charge is 0.219 e. The van der Waals surface area contributed by atoms with Gasteiger partial charge in [-0.2, -0.15) is 0 Å². The minimum absolute atomic E-state index is 0.192. The zero-order chi connectivity index (χ0) is 11.5. The SMILES string of the molecule is CC(=O)N1CCN(Cc2sccc2Br)CC1. The van der Waals surface area contributed by atoms with Gasteiger partial charge in [-0.15, -0.1) is 11.3 Å². The quantitative estimate of drug-likeness (QED) is 0.836. The third kappa shape index (κ3) is 2.84. The van der Waals surface area contributed by atoms with Gasteiger partial charge in [0.05, 0.1) is 0 Å². The largest absolute Gasteiger partial charge is 0.340 e. The number of carbonyl (C=O) groups is 1. The number of hydrogen-bond donors (Lipinski definition) is 0. The zero-order valence-electron chi connectivity index (χ0n) is 9.28. The van der Waals surface area contributed by atoms with E-state index < -0.39 is 0 Å². The van der Waals surface area contributed by atoms with Gasteiger partial charge in [0.1, 0.15) is 0 Å². The third-order valence-electron chi connectivity index (χ3n) is 2.88. The fourth-order valence-corrected chi connectivity index (χ4v) is 3.38. The van der Waals surface area contributed by atoms with Crippen LogP contribution in [0.4, 0.5) is 0 Å². The standard InChI is InChI=1S/C11H15BrN2OS/c1-9(15)14-5-3-13(4-6-14)8-11-10(12)2-7-16-11/h2,7H,3-6,8H2,1H3. The highest BCUT2D eigenvalue weighted by Gasteiger charge is 2.19. The van der Waals surface area contributed by atoms with Crippen molar-refractivity contribution in [2.45, 2.75) is 13.5 Å². The summed E-state index contributed by atoms with van der Waals surface area (Å²) in [6.07, 6.45) is 0. The second kappa shape index (κ2) is 5.29. The van der Waals surface area contributed by atoms with Crippen LogP contribution in [0.2, 0.25) is 0 Å². The monoisotopic (exact) mass is 302 g/mol. The van der Waals surface area contributed by atoms with E-state index in [0.717, 1.165) is 32.7 Å². The molecule has 0 radical (unpaired) electrons. The number of halogens is 1. The van der Waals surface area contributed by atoms with Crippen LogP contribution < -0.4 is 0 Å². The summed E-state index contributed by atoms with van der Waals surface area (Å²) in [7, 11) is 0. The van der Waals surface area contributed by atoms with E-state index in [9.17, 15) is 4.79 Å². The molecule has 1 aromatic rings. The van der Waals surface area contributed by atoms with E-state index in [2.05, 4.69) is 32.3 Å². The van der Waals surface area contributed by atoms with E-state index in [-0.39, 0.29) is 5.91 Å². The molecule has 0 saturated carbocycles. The number of rotatable bonds is 2. The van der Waals surface area contributed by atoms with Crippen LogP contribution in [0.1, 0.15) is 11.8 Å². The van der Waals surface area contributed by atoms with E-state index in [4.69, 9.17) is 0 Å². The van der Waals surface area contributed by atoms with Crippen molar-refractivity contribution in [1.82, 2.24) is 9.80 Å². The normalized spacial score (nSPS) is 17.8. The first-order valence-corrected chi connectivity index (χ1v) is 7.04. The molecular formula is C11H15BrN2OS. The van der Waals surface area contributed by atoms with Crippen molar-refractivity contribution < 1.29 is 4.79 Å². The fourth-order valence-electron chi connectivity index (χ4n) is 1.86. The first kappa shape index (κ1) is 12.1. The van der Waals surface area contributed by atoms with E-state index >= 15 is 0 Å². The average molecular weight is 303 g/mol. The van der Waals surface area contributed by atoms with E-state index in [1.165, 1.54) is 9.35 Å². The first-order valence-electron chi connectivity index (χ1n) is 5.36. The third-order valence-corrected chi connectivity index (χ3v) is 4.79. The molecule has 1 saturated heterocycles. The highest BCUT2D eigenvalue weighted by molar-refractivity contribution is 9.10. The zero-order valence-corrected chi connectivity index (χ0v) is 11.7. The predicted octanol–water partition coefficient (Wildman–Crippen LogP) is 2.17. The van der Waals surface area contributed by atoms with Gasteiger partial charge in [0, 0.05) is 49.0 Å². The van der Waals surface area contributed by atoms with Crippen LogP contribution in [-0.4, -0.2) is 41.9 Å². The van der Waals surface area contributed by atoms with Gasteiger partial charge >= 0.3 is 0 Å². The Balaban J connectivity index is 1.86. The topological polar surface area (TPSA) is 23.6 Å². The van der Waals surface area contributed by atoms with Crippen LogP contribution >= 0.6 is 27.3 Å². The van der Waals surface area contributed by atoms with Crippen LogP contribution in [0.3, 0.4) is 0 Å². The highest BCUT2D eigenvalue weighted by Crippen LogP contribution is 2.24. The van der Waals surface area contributed by atoms with Gasteiger partial charge in [0.2, 0.25) is 5.91 Å². The first-order chi connectivity index (χ1) is 7.66. The molecule has 0 spiro atoms. The van der Waals surface area contributed by atoms with Gasteiger partial charge in [-0.05, 0) is 27.4 Å². The van der Waals surface area contributed by atoms with Gasteiger partial charge in [-0.3, -0.25) is 9.69 Å². The predicted molar refractivity (Wildman–Crippen MR) is 69.6 cm³/mol. The Morgan fingerprint density at radius 2 is 2.12 bits per heavy atom. The Bertz CT molecular complexity index is 372. The van der Waals surface area contributed by atoms with Crippen LogP contribution in [0.25, 0.3) is 0 Å². The summed E-state index contributed by atoms with van der Waals surface area (Å²) in [5.74, 6) is 0.192. The molecule has 3 nitrogen and oxygen atoms in total. The molecule has 1 amide bonds. The second-order valence-corrected chi connectivity index (χ2v) is 5.83. The lowest BCUT2D eigenvalue weighted by Crippen LogP contribution is -2.47. The van der Waals surface area contributed by atoms with Crippen molar-refractivity contribution in [1.29, 1.82) is 0 Å². The van der Waals surface area contributed by atoms with Crippen molar-refractivity contribution in [3.63, 3.8) is 0 Å². The molecule has 1 fully saturated rings. The molecule has 0 bridgehead atoms. The minimum Gasteiger partial charge on any atom is -0.340 e. The summed E-state index contributed by atoms with van der Waals surface area (Å²) in [6.45, 7) is 6.31. The number of amides is 1. The minimum atomic E-state index is 0.192. The molecule has 0 unspecified atom stereocenters. The fraction of sp³-hybridized carbons (Fsp3) is 0.545. The molecule has 0 atom stereocenters. The molecule has 16 heavy (non-hydrogen) atoms. The number of thiophene rings is 1. The lowest BCUT2D eigenvalue weighted by Gasteiger charge is -2.33. The maximum Gasteiger partial charge on any atom is 0.219 e. The average Bonchev–Trinajstić information content (AvgIpc) is 2.65. The van der Waals surface area contributed by atoms with Crippen molar-refractivity contribution in [3.8, 4) is 0 Å². The van der Waals surface area contributed by atoms with Gasteiger partial charge < -0.3 is 4.90 Å². The van der Waals surface area contributed by atoms with Crippen LogP contribution in [0, 0.1) is 0 Å². The van der Waals surface area contributed by atoms with E-state index in [1.807, 2.05) is 4.90 Å². The van der Waals surface area contributed by atoms with Gasteiger partial charge in [0.25, 0.3) is 0 Å². The Hall–Kier alpha value is -0.390. The second-order valence-electron chi connectivity index (χ2n) is 3.97. The summed E-state index contributed by atoms with van der Waals surface area (Å²) in [4.78, 5) is 16.9. The Morgan fingerprint density at radius 3 is 2.62 bits per heavy atom. The molecule has 5 heteroatoms. The summed E-state index contributed by atoms with van der Waals surface area (Å²) >= 11 is 5.33. The number of nitrogens with zero attached hydrogens (tertiary/aromatic N) is 2. The Labute approximate surface area is 108 Å². The molecule has 0 N–H and O–H groups in total. The molecule has 2 rings (SSSR count). The molecule has 1 aliphatic rings. The van der Waals surface area contributed by atoms with Crippen LogP contribution in [-0.2, 0) is 11.3 Å². The van der Waals surface area contributed by atoms with Crippen molar-refractivity contribution in [3.05, 3.63) is 20.8 Å². The summed E-state index contributed by atoms with van der Waals surface area (Å²) < 4.78 is 1.20. The molecular weight excluding hydrogens is 288 g/mol.